The monoisotopic (exact) mass is 335 g/mol. The van der Waals surface area contributed by atoms with E-state index in [0.29, 0.717) is 4.47 Å². The van der Waals surface area contributed by atoms with E-state index in [0.717, 1.165) is 0 Å². The van der Waals surface area contributed by atoms with Crippen LogP contribution >= 0.6 is 15.9 Å². The summed E-state index contributed by atoms with van der Waals surface area (Å²) < 4.78 is 23.7. The van der Waals surface area contributed by atoms with Gasteiger partial charge in [-0.25, -0.2) is 9.18 Å². The normalized spacial score (nSPS) is 13.7. The molecule has 19 heavy (non-hydrogen) atoms. The van der Waals surface area contributed by atoms with Gasteiger partial charge in [0.25, 0.3) is 0 Å². The lowest BCUT2D eigenvalue weighted by Gasteiger charge is -2.19. The van der Waals surface area contributed by atoms with Gasteiger partial charge in [-0.05, 0) is 19.1 Å². The minimum absolute atomic E-state index is 0.0528. The summed E-state index contributed by atoms with van der Waals surface area (Å²) in [5, 5.41) is 9.95. The summed E-state index contributed by atoms with van der Waals surface area (Å²) >= 11 is 3.15. The molecule has 0 saturated carbocycles. The van der Waals surface area contributed by atoms with E-state index >= 15 is 0 Å². The molecule has 5 nitrogen and oxygen atoms in total. The molecule has 0 saturated heterocycles. The lowest BCUT2D eigenvalue weighted by atomic mass is 10.0. The number of ether oxygens (including phenoxy) is 2. The van der Waals surface area contributed by atoms with Crippen molar-refractivity contribution in [2.75, 3.05) is 13.7 Å². The largest absolute Gasteiger partial charge is 0.504 e. The second-order valence-electron chi connectivity index (χ2n) is 3.69. The van der Waals surface area contributed by atoms with Gasteiger partial charge in [-0.1, -0.05) is 15.9 Å². The molecule has 0 fully saturated rings. The zero-order chi connectivity index (χ0) is 14.6. The fourth-order valence-corrected chi connectivity index (χ4v) is 2.14. The zero-order valence-electron chi connectivity index (χ0n) is 10.5. The number of carbonyl (C=O) groups excluding carboxylic acids is 1. The van der Waals surface area contributed by atoms with Crippen LogP contribution in [0.4, 0.5) is 4.39 Å². The van der Waals surface area contributed by atoms with Gasteiger partial charge in [0, 0.05) is 10.0 Å². The number of phenols is 1. The van der Waals surface area contributed by atoms with Crippen LogP contribution in [-0.4, -0.2) is 31.0 Å². The molecule has 0 amide bonds. The highest BCUT2D eigenvalue weighted by Crippen LogP contribution is 2.39. The van der Waals surface area contributed by atoms with Crippen molar-refractivity contribution in [2.45, 2.75) is 19.1 Å². The second-order valence-corrected chi connectivity index (χ2v) is 4.55. The molecule has 3 N–H and O–H groups in total. The standard InChI is InChI=1S/C12H15BrFNO4/c1-3-19-12(17)9(14)10(15)8-6(13)4-5-7(18-2)11(8)16/h4-5,9-10,16H,3,15H2,1-2H3/t9?,10-/m1/s1. The molecule has 0 aliphatic rings. The summed E-state index contributed by atoms with van der Waals surface area (Å²) in [6.45, 7) is 1.62. The van der Waals surface area contributed by atoms with Crippen LogP contribution in [0.15, 0.2) is 16.6 Å². The topological polar surface area (TPSA) is 81.8 Å². The van der Waals surface area contributed by atoms with Gasteiger partial charge in [0.2, 0.25) is 6.17 Å². The van der Waals surface area contributed by atoms with Crippen LogP contribution in [0, 0.1) is 0 Å². The molecule has 1 aromatic carbocycles. The predicted octanol–water partition coefficient (Wildman–Crippen LogP) is 2.06. The van der Waals surface area contributed by atoms with Crippen molar-refractivity contribution in [3.63, 3.8) is 0 Å². The Morgan fingerprint density at radius 1 is 1.58 bits per heavy atom. The van der Waals surface area contributed by atoms with E-state index in [1.165, 1.54) is 13.2 Å². The molecule has 1 aromatic rings. The van der Waals surface area contributed by atoms with Crippen LogP contribution in [0.25, 0.3) is 0 Å². The molecular weight excluding hydrogens is 321 g/mol. The summed E-state index contributed by atoms with van der Waals surface area (Å²) in [5.41, 5.74) is 5.73. The average Bonchev–Trinajstić information content (AvgIpc) is 2.38. The van der Waals surface area contributed by atoms with Crippen molar-refractivity contribution >= 4 is 21.9 Å². The maximum absolute atomic E-state index is 13.9. The third-order valence-electron chi connectivity index (χ3n) is 2.51. The molecular formula is C12H15BrFNO4. The van der Waals surface area contributed by atoms with E-state index in [1.807, 2.05) is 0 Å². The number of hydrogen-bond acceptors (Lipinski definition) is 5. The molecule has 0 aromatic heterocycles. The van der Waals surface area contributed by atoms with E-state index in [4.69, 9.17) is 10.5 Å². The Balaban J connectivity index is 3.11. The van der Waals surface area contributed by atoms with E-state index in [-0.39, 0.29) is 23.7 Å². The summed E-state index contributed by atoms with van der Waals surface area (Å²) in [4.78, 5) is 11.3. The van der Waals surface area contributed by atoms with Crippen molar-refractivity contribution in [1.29, 1.82) is 0 Å². The van der Waals surface area contributed by atoms with Crippen molar-refractivity contribution in [2.24, 2.45) is 5.73 Å². The second kappa shape index (κ2) is 6.72. The molecule has 7 heteroatoms. The van der Waals surface area contributed by atoms with Gasteiger partial charge in [-0.3, -0.25) is 0 Å². The number of phenolic OH excluding ortho intramolecular Hbond substituents is 1. The van der Waals surface area contributed by atoms with E-state index < -0.39 is 18.2 Å². The lowest BCUT2D eigenvalue weighted by Crippen LogP contribution is -2.31. The minimum atomic E-state index is -2.07. The number of aromatic hydroxyl groups is 1. The maximum Gasteiger partial charge on any atom is 0.342 e. The van der Waals surface area contributed by atoms with Crippen LogP contribution in [-0.2, 0) is 9.53 Å². The van der Waals surface area contributed by atoms with Crippen LogP contribution < -0.4 is 10.5 Å². The number of carbonyl (C=O) groups is 1. The summed E-state index contributed by atoms with van der Waals surface area (Å²) in [5.74, 6) is -1.23. The summed E-state index contributed by atoms with van der Waals surface area (Å²) in [6.07, 6.45) is -2.07. The summed E-state index contributed by atoms with van der Waals surface area (Å²) in [7, 11) is 1.36. The molecule has 0 radical (unpaired) electrons. The predicted molar refractivity (Wildman–Crippen MR) is 70.8 cm³/mol. The molecule has 1 rings (SSSR count). The number of alkyl halides is 1. The molecule has 0 heterocycles. The number of methoxy groups -OCH3 is 1. The molecule has 2 atom stereocenters. The third kappa shape index (κ3) is 3.36. The van der Waals surface area contributed by atoms with Gasteiger partial charge >= 0.3 is 5.97 Å². The van der Waals surface area contributed by atoms with E-state index in [1.54, 1.807) is 13.0 Å². The van der Waals surface area contributed by atoms with Crippen LogP contribution in [0.3, 0.4) is 0 Å². The molecule has 106 valence electrons. The van der Waals surface area contributed by atoms with Gasteiger partial charge in [0.1, 0.15) is 0 Å². The lowest BCUT2D eigenvalue weighted by molar-refractivity contribution is -0.149. The minimum Gasteiger partial charge on any atom is -0.504 e. The maximum atomic E-state index is 13.9. The van der Waals surface area contributed by atoms with Gasteiger partial charge in [0.05, 0.1) is 19.8 Å². The Bertz CT molecular complexity index is 469. The summed E-state index contributed by atoms with van der Waals surface area (Å²) in [6, 6.07) is 1.68. The fourth-order valence-electron chi connectivity index (χ4n) is 1.56. The number of rotatable bonds is 5. The smallest absolute Gasteiger partial charge is 0.342 e. The third-order valence-corrected chi connectivity index (χ3v) is 3.20. The van der Waals surface area contributed by atoms with Crippen LogP contribution in [0.2, 0.25) is 0 Å². The number of halogens is 2. The highest BCUT2D eigenvalue weighted by atomic mass is 79.9. The average molecular weight is 336 g/mol. The Morgan fingerprint density at radius 3 is 2.74 bits per heavy atom. The SMILES string of the molecule is CCOC(=O)C(F)[C@H](N)c1c(Br)ccc(OC)c1O. The van der Waals surface area contributed by atoms with Crippen LogP contribution in [0.1, 0.15) is 18.5 Å². The van der Waals surface area contributed by atoms with Crippen molar-refractivity contribution < 1.29 is 23.8 Å². The van der Waals surface area contributed by atoms with Gasteiger partial charge < -0.3 is 20.3 Å². The first-order valence-corrected chi connectivity index (χ1v) is 6.34. The zero-order valence-corrected chi connectivity index (χ0v) is 12.1. The quantitative estimate of drug-likeness (QED) is 0.805. The Labute approximate surface area is 118 Å². The Kier molecular flexibility index (Phi) is 5.56. The van der Waals surface area contributed by atoms with E-state index in [2.05, 4.69) is 20.7 Å². The van der Waals surface area contributed by atoms with E-state index in [9.17, 15) is 14.3 Å². The van der Waals surface area contributed by atoms with Crippen molar-refractivity contribution in [3.05, 3.63) is 22.2 Å². The van der Waals surface area contributed by atoms with Crippen LogP contribution in [0.5, 0.6) is 11.5 Å². The number of esters is 1. The fraction of sp³-hybridized carbons (Fsp3) is 0.417. The van der Waals surface area contributed by atoms with Gasteiger partial charge in [-0.15, -0.1) is 0 Å². The first-order chi connectivity index (χ1) is 8.93. The Hall–Kier alpha value is -1.34. The van der Waals surface area contributed by atoms with Gasteiger partial charge in [-0.2, -0.15) is 0 Å². The molecule has 0 aliphatic carbocycles. The first kappa shape index (κ1) is 15.7. The molecule has 1 unspecified atom stereocenters. The highest BCUT2D eigenvalue weighted by Gasteiger charge is 2.32. The number of benzene rings is 1. The molecule has 0 aliphatic heterocycles. The molecule has 0 bridgehead atoms. The number of hydrogen-bond donors (Lipinski definition) is 2. The molecule has 0 spiro atoms. The van der Waals surface area contributed by atoms with Crippen molar-refractivity contribution in [3.8, 4) is 11.5 Å². The Morgan fingerprint density at radius 2 is 2.21 bits per heavy atom. The first-order valence-electron chi connectivity index (χ1n) is 5.55. The van der Waals surface area contributed by atoms with Crippen molar-refractivity contribution in [1.82, 2.24) is 0 Å². The number of nitrogens with two attached hydrogens (primary N) is 1. The van der Waals surface area contributed by atoms with Gasteiger partial charge in [0.15, 0.2) is 11.5 Å². The highest BCUT2D eigenvalue weighted by molar-refractivity contribution is 9.10.